The van der Waals surface area contributed by atoms with Crippen molar-refractivity contribution in [3.05, 3.63) is 39.8 Å². The van der Waals surface area contributed by atoms with E-state index in [0.717, 1.165) is 34.7 Å². The topological polar surface area (TPSA) is 68.2 Å². The van der Waals surface area contributed by atoms with Gasteiger partial charge in [0.1, 0.15) is 11.1 Å². The molecular weight excluding hydrogens is 388 g/mol. The molecule has 0 aliphatic carbocycles. The largest absolute Gasteiger partial charge is 0.454 e. The van der Waals surface area contributed by atoms with Crippen molar-refractivity contribution in [3.63, 3.8) is 0 Å². The van der Waals surface area contributed by atoms with Crippen molar-refractivity contribution in [1.82, 2.24) is 15.2 Å². The van der Waals surface area contributed by atoms with Gasteiger partial charge in [-0.3, -0.25) is 4.99 Å². The Hall–Kier alpha value is -2.32. The summed E-state index contributed by atoms with van der Waals surface area (Å²) in [6.45, 7) is 8.10. The van der Waals surface area contributed by atoms with Gasteiger partial charge in [0.15, 0.2) is 17.5 Å². The molecule has 8 heteroatoms. The molecule has 2 aromatic rings. The lowest BCUT2D eigenvalue weighted by Crippen LogP contribution is -2.44. The molecule has 0 amide bonds. The van der Waals surface area contributed by atoms with Gasteiger partial charge in [-0.05, 0) is 24.6 Å². The van der Waals surface area contributed by atoms with Gasteiger partial charge in [-0.15, -0.1) is 11.3 Å². The third kappa shape index (κ3) is 5.00. The van der Waals surface area contributed by atoms with Crippen LogP contribution in [-0.2, 0) is 16.7 Å². The van der Waals surface area contributed by atoms with Crippen LogP contribution in [0, 0.1) is 0 Å². The zero-order valence-corrected chi connectivity index (χ0v) is 18.8. The number of ether oxygens (including phenoxy) is 3. The summed E-state index contributed by atoms with van der Waals surface area (Å²) in [7, 11) is 5.51. The molecule has 158 valence electrons. The van der Waals surface area contributed by atoms with Crippen LogP contribution in [0.3, 0.4) is 0 Å². The zero-order chi connectivity index (χ0) is 21.0. The summed E-state index contributed by atoms with van der Waals surface area (Å²) in [5.74, 6) is 2.44. The van der Waals surface area contributed by atoms with Crippen LogP contribution in [0.4, 0.5) is 0 Å². The molecule has 2 heterocycles. The highest BCUT2D eigenvalue weighted by molar-refractivity contribution is 7.09. The zero-order valence-electron chi connectivity index (χ0n) is 18.0. The van der Waals surface area contributed by atoms with Crippen molar-refractivity contribution in [2.75, 3.05) is 34.5 Å². The number of nitrogens with zero attached hydrogens (tertiary/aromatic N) is 3. The van der Waals surface area contributed by atoms with Gasteiger partial charge in [0.25, 0.3) is 0 Å². The molecule has 1 aliphatic rings. The first-order chi connectivity index (χ1) is 13.8. The second-order valence-corrected chi connectivity index (χ2v) is 8.65. The molecule has 0 bridgehead atoms. The number of hydrogen-bond acceptors (Lipinski definition) is 6. The van der Waals surface area contributed by atoms with Crippen LogP contribution in [-0.4, -0.2) is 50.4 Å². The van der Waals surface area contributed by atoms with E-state index in [-0.39, 0.29) is 18.3 Å². The van der Waals surface area contributed by atoms with Crippen molar-refractivity contribution in [1.29, 1.82) is 0 Å². The SMILES string of the molecule is CN=C(NCC(C)(C)c1ccc2c(c1)OCO2)N(C)Cc1csc(C(C)OC)n1. The van der Waals surface area contributed by atoms with Crippen LogP contribution in [0.5, 0.6) is 11.5 Å². The molecule has 7 nitrogen and oxygen atoms in total. The van der Waals surface area contributed by atoms with Crippen LogP contribution in [0.15, 0.2) is 28.6 Å². The van der Waals surface area contributed by atoms with Gasteiger partial charge < -0.3 is 24.4 Å². The van der Waals surface area contributed by atoms with E-state index in [4.69, 9.17) is 14.2 Å². The average molecular weight is 419 g/mol. The Balaban J connectivity index is 1.61. The molecule has 0 radical (unpaired) electrons. The highest BCUT2D eigenvalue weighted by Crippen LogP contribution is 2.36. The van der Waals surface area contributed by atoms with Crippen molar-refractivity contribution >= 4 is 17.3 Å². The number of aromatic nitrogens is 1. The number of thiazole rings is 1. The predicted molar refractivity (Wildman–Crippen MR) is 116 cm³/mol. The van der Waals surface area contributed by atoms with E-state index < -0.39 is 0 Å². The van der Waals surface area contributed by atoms with E-state index in [1.54, 1.807) is 25.5 Å². The molecule has 1 aromatic carbocycles. The van der Waals surface area contributed by atoms with E-state index in [1.165, 1.54) is 5.56 Å². The van der Waals surface area contributed by atoms with Crippen LogP contribution < -0.4 is 14.8 Å². The molecule has 1 unspecified atom stereocenters. The number of rotatable bonds is 7. The highest BCUT2D eigenvalue weighted by Gasteiger charge is 2.25. The summed E-state index contributed by atoms with van der Waals surface area (Å²) in [4.78, 5) is 11.2. The summed E-state index contributed by atoms with van der Waals surface area (Å²) in [5.41, 5.74) is 2.08. The third-order valence-corrected chi connectivity index (χ3v) is 6.14. The Kier molecular flexibility index (Phi) is 6.64. The lowest BCUT2D eigenvalue weighted by atomic mass is 9.84. The lowest BCUT2D eigenvalue weighted by Gasteiger charge is -2.29. The first-order valence-electron chi connectivity index (χ1n) is 9.63. The molecule has 0 saturated carbocycles. The first kappa shape index (κ1) is 21.4. The standard InChI is InChI=1S/C21H30N4O3S/c1-14(26-6)19-24-16(11-29-19)10-25(5)20(22-4)23-12-21(2,3)15-7-8-17-18(9-15)28-13-27-17/h7-9,11,14H,10,12-13H2,1-6H3,(H,22,23). The Morgan fingerprint density at radius 2 is 2.14 bits per heavy atom. The second kappa shape index (κ2) is 9.00. The monoisotopic (exact) mass is 418 g/mol. The Morgan fingerprint density at radius 3 is 2.86 bits per heavy atom. The van der Waals surface area contributed by atoms with Crippen molar-refractivity contribution < 1.29 is 14.2 Å². The molecule has 1 atom stereocenters. The number of benzene rings is 1. The summed E-state index contributed by atoms with van der Waals surface area (Å²) < 4.78 is 16.3. The molecule has 0 saturated heterocycles. The van der Waals surface area contributed by atoms with Gasteiger partial charge in [0, 0.05) is 38.5 Å². The van der Waals surface area contributed by atoms with Crippen LogP contribution >= 0.6 is 11.3 Å². The number of nitrogens with one attached hydrogen (secondary N) is 1. The fourth-order valence-electron chi connectivity index (χ4n) is 3.10. The molecule has 0 spiro atoms. The van der Waals surface area contributed by atoms with Gasteiger partial charge in [0.05, 0.1) is 12.2 Å². The fourth-order valence-corrected chi connectivity index (χ4v) is 3.95. The average Bonchev–Trinajstić information content (AvgIpc) is 3.36. The maximum absolute atomic E-state index is 5.52. The smallest absolute Gasteiger partial charge is 0.231 e. The number of methoxy groups -OCH3 is 1. The Bertz CT molecular complexity index is 865. The number of hydrogen-bond donors (Lipinski definition) is 1. The molecule has 0 fully saturated rings. The molecule has 1 aliphatic heterocycles. The van der Waals surface area contributed by atoms with Crippen molar-refractivity contribution in [2.45, 2.75) is 38.8 Å². The Morgan fingerprint density at radius 1 is 1.38 bits per heavy atom. The van der Waals surface area contributed by atoms with Crippen LogP contribution in [0.25, 0.3) is 0 Å². The summed E-state index contributed by atoms with van der Waals surface area (Å²) in [6, 6.07) is 6.13. The van der Waals surface area contributed by atoms with E-state index in [0.29, 0.717) is 6.54 Å². The maximum atomic E-state index is 5.52. The van der Waals surface area contributed by atoms with Gasteiger partial charge in [-0.1, -0.05) is 19.9 Å². The lowest BCUT2D eigenvalue weighted by molar-refractivity contribution is 0.119. The van der Waals surface area contributed by atoms with E-state index in [9.17, 15) is 0 Å². The summed E-state index contributed by atoms with van der Waals surface area (Å²) in [6.07, 6.45) is 0.0130. The molecule has 29 heavy (non-hydrogen) atoms. The maximum Gasteiger partial charge on any atom is 0.231 e. The summed E-state index contributed by atoms with van der Waals surface area (Å²) >= 11 is 1.62. The molecule has 1 aromatic heterocycles. The minimum Gasteiger partial charge on any atom is -0.454 e. The quantitative estimate of drug-likeness (QED) is 0.548. The number of aliphatic imine (C=N–C) groups is 1. The van der Waals surface area contributed by atoms with E-state index in [2.05, 4.69) is 51.6 Å². The molecular formula is C21H30N4O3S. The first-order valence-corrected chi connectivity index (χ1v) is 10.5. The van der Waals surface area contributed by atoms with Crippen LogP contribution in [0.1, 0.15) is 43.1 Å². The van der Waals surface area contributed by atoms with Crippen molar-refractivity contribution in [3.8, 4) is 11.5 Å². The number of fused-ring (bicyclic) bond motifs is 1. The predicted octanol–water partition coefficient (Wildman–Crippen LogP) is 3.56. The van der Waals surface area contributed by atoms with E-state index >= 15 is 0 Å². The number of guanidine groups is 1. The second-order valence-electron chi connectivity index (χ2n) is 7.76. The van der Waals surface area contributed by atoms with Crippen molar-refractivity contribution in [2.24, 2.45) is 4.99 Å². The highest BCUT2D eigenvalue weighted by atomic mass is 32.1. The Labute approximate surface area is 176 Å². The minimum atomic E-state index is -0.112. The van der Waals surface area contributed by atoms with E-state index in [1.807, 2.05) is 20.0 Å². The van der Waals surface area contributed by atoms with Gasteiger partial charge in [-0.2, -0.15) is 0 Å². The van der Waals surface area contributed by atoms with Gasteiger partial charge in [0.2, 0.25) is 6.79 Å². The normalized spacial score (nSPS) is 14.8. The summed E-state index contributed by atoms with van der Waals surface area (Å²) in [5, 5.41) is 6.55. The fraction of sp³-hybridized carbons (Fsp3) is 0.524. The van der Waals surface area contributed by atoms with Crippen LogP contribution in [0.2, 0.25) is 0 Å². The minimum absolute atomic E-state index is 0.0130. The molecule has 1 N–H and O–H groups in total. The van der Waals surface area contributed by atoms with Gasteiger partial charge in [-0.25, -0.2) is 4.98 Å². The molecule has 3 rings (SSSR count). The van der Waals surface area contributed by atoms with Gasteiger partial charge >= 0.3 is 0 Å². The third-order valence-electron chi connectivity index (χ3n) is 5.09.